The van der Waals surface area contributed by atoms with Crippen molar-refractivity contribution >= 4 is 16.9 Å². The molecule has 0 aliphatic carbocycles. The van der Waals surface area contributed by atoms with Gasteiger partial charge in [0.25, 0.3) is 5.56 Å². The van der Waals surface area contributed by atoms with Crippen molar-refractivity contribution < 1.29 is 23.7 Å². The Morgan fingerprint density at radius 2 is 1.80 bits per heavy atom. The number of fused-ring (bicyclic) bond motifs is 2. The Morgan fingerprint density at radius 1 is 1.07 bits per heavy atom. The first kappa shape index (κ1) is 28.5. The van der Waals surface area contributed by atoms with Crippen LogP contribution in [-0.2, 0) is 34.3 Å². The summed E-state index contributed by atoms with van der Waals surface area (Å²) < 4.78 is 26.3. The topological polar surface area (TPSA) is 80.9 Å². The molecule has 3 heterocycles. The van der Waals surface area contributed by atoms with Gasteiger partial charge in [0.15, 0.2) is 6.10 Å². The van der Waals surface area contributed by atoms with Crippen LogP contribution >= 0.6 is 0 Å². The molecule has 4 aromatic rings. The number of pyridine rings is 1. The minimum absolute atomic E-state index is 0.220. The number of ether oxygens (including phenoxy) is 4. The summed E-state index contributed by atoms with van der Waals surface area (Å²) in [5.74, 6) is 1.09. The molecule has 0 radical (unpaired) electrons. The minimum Gasteiger partial charge on any atom is -0.497 e. The van der Waals surface area contributed by atoms with Gasteiger partial charge >= 0.3 is 5.97 Å². The first-order chi connectivity index (χ1) is 19.5. The molecular formula is C33H38N2O6. The third-order valence-electron chi connectivity index (χ3n) is 7.66. The third kappa shape index (κ3) is 5.36. The Labute approximate surface area is 240 Å². The van der Waals surface area contributed by atoms with Gasteiger partial charge in [0, 0.05) is 30.7 Å². The lowest BCUT2D eigenvalue weighted by atomic mass is 9.89. The molecule has 1 aliphatic heterocycles. The van der Waals surface area contributed by atoms with Crippen LogP contribution in [0.2, 0.25) is 0 Å². The van der Waals surface area contributed by atoms with Gasteiger partial charge in [-0.25, -0.2) is 4.79 Å². The van der Waals surface area contributed by atoms with Crippen molar-refractivity contribution in [2.75, 3.05) is 20.8 Å². The van der Waals surface area contributed by atoms with E-state index in [1.54, 1.807) is 18.7 Å². The highest BCUT2D eigenvalue weighted by Crippen LogP contribution is 2.42. The summed E-state index contributed by atoms with van der Waals surface area (Å²) in [6.07, 6.45) is 2.64. The van der Waals surface area contributed by atoms with Gasteiger partial charge in [-0.15, -0.1) is 0 Å². The molecule has 2 aromatic carbocycles. The maximum atomic E-state index is 14.1. The van der Waals surface area contributed by atoms with Gasteiger partial charge in [-0.2, -0.15) is 0 Å². The van der Waals surface area contributed by atoms with Crippen molar-refractivity contribution in [1.82, 2.24) is 9.13 Å². The standard InChI is InChI=1S/C33H38N2O6/c1-20-23-9-8-18-40-26(23)15-14-24(20)27-25-16-17-35(19-21-10-12-22(38-6)13-11-21)28(25)31(36)34(5)29(27)30(32(37)39-7)41-33(2,3)4/h10-17,30H,8-9,18-19H2,1-7H3/t30-/m0/s1. The molecule has 0 N–H and O–H groups in total. The summed E-state index contributed by atoms with van der Waals surface area (Å²) >= 11 is 0. The van der Waals surface area contributed by atoms with Crippen LogP contribution in [-0.4, -0.2) is 41.5 Å². The summed E-state index contributed by atoms with van der Waals surface area (Å²) in [5.41, 5.74) is 5.06. The highest BCUT2D eigenvalue weighted by atomic mass is 16.6. The number of rotatable bonds is 7. The zero-order valence-corrected chi connectivity index (χ0v) is 24.9. The van der Waals surface area contributed by atoms with E-state index in [0.29, 0.717) is 24.4 Å². The Bertz CT molecular complexity index is 1660. The van der Waals surface area contributed by atoms with Crippen molar-refractivity contribution in [2.24, 2.45) is 7.05 Å². The molecule has 0 fully saturated rings. The number of benzene rings is 2. The van der Waals surface area contributed by atoms with Crippen molar-refractivity contribution in [3.63, 3.8) is 0 Å². The Morgan fingerprint density at radius 3 is 2.46 bits per heavy atom. The van der Waals surface area contributed by atoms with E-state index in [1.807, 2.05) is 74.0 Å². The van der Waals surface area contributed by atoms with Gasteiger partial charge in [-0.1, -0.05) is 18.2 Å². The first-order valence-corrected chi connectivity index (χ1v) is 13.9. The van der Waals surface area contributed by atoms with E-state index >= 15 is 0 Å². The molecule has 0 saturated heterocycles. The van der Waals surface area contributed by atoms with Crippen molar-refractivity contribution in [3.8, 4) is 22.6 Å². The second-order valence-corrected chi connectivity index (χ2v) is 11.5. The molecule has 8 heteroatoms. The molecule has 0 spiro atoms. The van der Waals surface area contributed by atoms with E-state index < -0.39 is 17.7 Å². The zero-order valence-electron chi connectivity index (χ0n) is 24.9. The van der Waals surface area contributed by atoms with E-state index in [-0.39, 0.29) is 5.56 Å². The monoisotopic (exact) mass is 558 g/mol. The molecule has 1 aliphatic rings. The van der Waals surface area contributed by atoms with Gasteiger partial charge in [-0.05, 0) is 87.1 Å². The van der Waals surface area contributed by atoms with Crippen molar-refractivity contribution in [1.29, 1.82) is 0 Å². The molecule has 216 valence electrons. The van der Waals surface area contributed by atoms with Crippen LogP contribution < -0.4 is 15.0 Å². The SMILES string of the molecule is COC(=O)[C@@H](OC(C)(C)C)c1c(-c2ccc3c(c2C)CCCO3)c2ccn(Cc3ccc(OC)cc3)c2c(=O)n1C. The predicted octanol–water partition coefficient (Wildman–Crippen LogP) is 5.73. The number of hydrogen-bond acceptors (Lipinski definition) is 6. The number of esters is 1. The van der Waals surface area contributed by atoms with Crippen LogP contribution in [0.15, 0.2) is 53.5 Å². The number of nitrogens with zero attached hydrogens (tertiary/aromatic N) is 2. The second-order valence-electron chi connectivity index (χ2n) is 11.5. The number of carbonyl (C=O) groups is 1. The summed E-state index contributed by atoms with van der Waals surface area (Å²) in [5, 5.41) is 0.753. The van der Waals surface area contributed by atoms with E-state index in [1.165, 1.54) is 7.11 Å². The molecular weight excluding hydrogens is 520 g/mol. The lowest BCUT2D eigenvalue weighted by Gasteiger charge is -2.30. The zero-order chi connectivity index (χ0) is 29.5. The number of carbonyl (C=O) groups excluding carboxylic acids is 1. The lowest BCUT2D eigenvalue weighted by molar-refractivity contribution is -0.165. The highest BCUT2D eigenvalue weighted by molar-refractivity contribution is 5.99. The van der Waals surface area contributed by atoms with Crippen LogP contribution in [0, 0.1) is 6.92 Å². The fourth-order valence-electron chi connectivity index (χ4n) is 5.69. The smallest absolute Gasteiger partial charge is 0.341 e. The molecule has 0 amide bonds. The van der Waals surface area contributed by atoms with Crippen molar-refractivity contribution in [2.45, 2.75) is 58.8 Å². The maximum absolute atomic E-state index is 14.1. The number of hydrogen-bond donors (Lipinski definition) is 0. The maximum Gasteiger partial charge on any atom is 0.341 e. The molecule has 0 unspecified atom stereocenters. The van der Waals surface area contributed by atoms with E-state index in [4.69, 9.17) is 18.9 Å². The average Bonchev–Trinajstić information content (AvgIpc) is 3.37. The summed E-state index contributed by atoms with van der Waals surface area (Å²) in [6, 6.07) is 13.8. The highest BCUT2D eigenvalue weighted by Gasteiger charge is 2.35. The van der Waals surface area contributed by atoms with E-state index in [2.05, 4.69) is 6.92 Å². The normalized spacial score (nSPS) is 13.9. The quantitative estimate of drug-likeness (QED) is 0.270. The van der Waals surface area contributed by atoms with Gasteiger partial charge in [-0.3, -0.25) is 4.79 Å². The van der Waals surface area contributed by atoms with Gasteiger partial charge in [0.1, 0.15) is 17.0 Å². The van der Waals surface area contributed by atoms with Crippen molar-refractivity contribution in [3.05, 3.63) is 81.4 Å². The molecule has 5 rings (SSSR count). The van der Waals surface area contributed by atoms with E-state index in [0.717, 1.165) is 57.5 Å². The second kappa shape index (κ2) is 11.1. The molecule has 8 nitrogen and oxygen atoms in total. The first-order valence-electron chi connectivity index (χ1n) is 13.9. The van der Waals surface area contributed by atoms with Gasteiger partial charge in [0.2, 0.25) is 0 Å². The summed E-state index contributed by atoms with van der Waals surface area (Å²) in [7, 11) is 4.67. The minimum atomic E-state index is -1.12. The molecule has 2 aromatic heterocycles. The third-order valence-corrected chi connectivity index (χ3v) is 7.66. The molecule has 41 heavy (non-hydrogen) atoms. The van der Waals surface area contributed by atoms with Crippen LogP contribution in [0.25, 0.3) is 22.0 Å². The fraction of sp³-hybridized carbons (Fsp3) is 0.394. The molecule has 0 saturated carbocycles. The Balaban J connectivity index is 1.81. The predicted molar refractivity (Wildman–Crippen MR) is 159 cm³/mol. The molecule has 1 atom stereocenters. The number of methoxy groups -OCH3 is 2. The van der Waals surface area contributed by atoms with Crippen LogP contribution in [0.1, 0.15) is 55.7 Å². The Kier molecular flexibility index (Phi) is 7.70. The van der Waals surface area contributed by atoms with Crippen LogP contribution in [0.3, 0.4) is 0 Å². The van der Waals surface area contributed by atoms with E-state index in [9.17, 15) is 9.59 Å². The lowest BCUT2D eigenvalue weighted by Crippen LogP contribution is -2.34. The molecule has 0 bridgehead atoms. The Hall–Kier alpha value is -4.04. The average molecular weight is 559 g/mol. The van der Waals surface area contributed by atoms with Crippen LogP contribution in [0.5, 0.6) is 11.5 Å². The summed E-state index contributed by atoms with van der Waals surface area (Å²) in [6.45, 7) is 8.91. The van der Waals surface area contributed by atoms with Crippen LogP contribution in [0.4, 0.5) is 0 Å². The number of aromatic nitrogens is 2. The van der Waals surface area contributed by atoms with Gasteiger partial charge < -0.3 is 28.1 Å². The largest absolute Gasteiger partial charge is 0.497 e. The van der Waals surface area contributed by atoms with Gasteiger partial charge in [0.05, 0.1) is 32.1 Å². The summed E-state index contributed by atoms with van der Waals surface area (Å²) in [4.78, 5) is 27.4. The fourth-order valence-corrected chi connectivity index (χ4v) is 5.69.